The average Bonchev–Trinajstić information content (AvgIpc) is 0.951. The van der Waals surface area contributed by atoms with Gasteiger partial charge in [0.1, 0.15) is 0 Å². The fourth-order valence-electron chi connectivity index (χ4n) is 17.7. The Bertz CT molecular complexity index is 1570. The summed E-state index contributed by atoms with van der Waals surface area (Å²) < 4.78 is 37.1. The maximum Gasteiger partial charge on any atom is 3.00 e. The molecule has 0 atom stereocenters. The first-order chi connectivity index (χ1) is 57.4. The van der Waals surface area contributed by atoms with E-state index in [4.69, 9.17) is 0 Å². The molecule has 0 aromatic heterocycles. The SMILES string of the molecule is CCCCCCCCCCCCCCCCCCP(=O)([O-])CCCCCCCCCCCCCCCCCC.CCCCCCCCCCCCCCCCCCP(=O)([O-])CCCCCCCCCCCCCCCCCC.CCCCCCCCCCCCCCCCCCP(=O)([O-])CCCCCCCCCCCCCCCCCC.[Nd+3]. The molecule has 1 radical (unpaired) electrons. The van der Waals surface area contributed by atoms with Crippen LogP contribution in [-0.2, 0) is 13.7 Å². The molecule has 0 unspecified atom stereocenters. The van der Waals surface area contributed by atoms with Crippen LogP contribution in [0.4, 0.5) is 0 Å². The molecule has 118 heavy (non-hydrogen) atoms. The molecule has 0 saturated carbocycles. The number of hydrogen-bond acceptors (Lipinski definition) is 6. The van der Waals surface area contributed by atoms with E-state index >= 15 is 0 Å². The Kier molecular flexibility index (Phi) is 119. The van der Waals surface area contributed by atoms with Gasteiger partial charge in [-0.15, -0.1) is 0 Å². The summed E-state index contributed by atoms with van der Waals surface area (Å²) >= 11 is 0. The van der Waals surface area contributed by atoms with Crippen molar-refractivity contribution >= 4 is 22.1 Å². The van der Waals surface area contributed by atoms with Crippen LogP contribution < -0.4 is 14.7 Å². The molecule has 0 fully saturated rings. The monoisotopic (exact) mass is 1850 g/mol. The van der Waals surface area contributed by atoms with Gasteiger partial charge < -0.3 is 28.4 Å². The smallest absolute Gasteiger partial charge is 0.799 e. The summed E-state index contributed by atoms with van der Waals surface area (Å²) in [7, 11) is -9.36. The van der Waals surface area contributed by atoms with Crippen LogP contribution in [0.5, 0.6) is 0 Å². The average molecular weight is 1850 g/mol. The van der Waals surface area contributed by atoms with E-state index in [1.54, 1.807) is 0 Å². The van der Waals surface area contributed by atoms with Crippen LogP contribution in [0.15, 0.2) is 0 Å². The van der Waals surface area contributed by atoms with E-state index in [0.717, 1.165) is 77.0 Å². The van der Waals surface area contributed by atoms with E-state index in [0.29, 0.717) is 37.0 Å². The minimum atomic E-state index is -3.12. The van der Waals surface area contributed by atoms with E-state index in [1.165, 1.54) is 539 Å². The Morgan fingerprint density at radius 2 is 0.161 bits per heavy atom. The standard InChI is InChI=1S/3C36H75O2P.Nd/c3*1-3-5-7-9-11-13-15-17-19-21-23-25-27-29-31-33-35-39(37,38)36-34-32-30-28-26-24-22-20-18-16-14-12-10-8-6-4-2;/h3*3-36H2,1-2H3,(H,37,38);/q;;;+3/p-3. The van der Waals surface area contributed by atoms with Gasteiger partial charge in [-0.2, -0.15) is 0 Å². The molecule has 0 spiro atoms. The maximum atomic E-state index is 12.4. The van der Waals surface area contributed by atoms with Crippen molar-refractivity contribution in [3.05, 3.63) is 0 Å². The van der Waals surface area contributed by atoms with Gasteiger partial charge in [-0.1, -0.05) is 619 Å². The second kappa shape index (κ2) is 111. The van der Waals surface area contributed by atoms with Gasteiger partial charge in [0, 0.05) is 22.1 Å². The van der Waals surface area contributed by atoms with Crippen molar-refractivity contribution in [3.8, 4) is 0 Å². The zero-order chi connectivity index (χ0) is 85.6. The molecular formula is C108H222NdO6P3. The summed E-state index contributed by atoms with van der Waals surface area (Å²) in [6.07, 6.45) is 131. The number of unbranched alkanes of at least 4 members (excludes halogenated alkanes) is 90. The summed E-state index contributed by atoms with van der Waals surface area (Å²) in [4.78, 5) is 37.1. The Morgan fingerprint density at radius 1 is 0.110 bits per heavy atom. The van der Waals surface area contributed by atoms with Crippen molar-refractivity contribution in [2.24, 2.45) is 0 Å². The van der Waals surface area contributed by atoms with Crippen LogP contribution in [0.1, 0.15) is 658 Å². The molecule has 0 bridgehead atoms. The molecule has 0 aliphatic heterocycles. The summed E-state index contributed by atoms with van der Waals surface area (Å²) in [6, 6.07) is 0. The van der Waals surface area contributed by atoms with Crippen molar-refractivity contribution in [2.75, 3.05) is 37.0 Å². The summed E-state index contributed by atoms with van der Waals surface area (Å²) in [6.45, 7) is 13.7. The largest absolute Gasteiger partial charge is 3.00 e. The predicted octanol–water partition coefficient (Wildman–Crippen LogP) is 39.4. The first-order valence-corrected chi connectivity index (χ1v) is 61.2. The van der Waals surface area contributed by atoms with Gasteiger partial charge in [-0.05, 0) is 75.5 Å². The molecule has 0 rings (SSSR count). The van der Waals surface area contributed by atoms with Crippen molar-refractivity contribution in [3.63, 3.8) is 0 Å². The third-order valence-electron chi connectivity index (χ3n) is 26.1. The van der Waals surface area contributed by atoms with Crippen LogP contribution in [0.2, 0.25) is 0 Å². The van der Waals surface area contributed by atoms with Crippen LogP contribution in [0.3, 0.4) is 0 Å². The first-order valence-electron chi connectivity index (χ1n) is 55.2. The predicted molar refractivity (Wildman–Crippen MR) is 529 cm³/mol. The zero-order valence-electron chi connectivity index (χ0n) is 82.4. The number of hydrogen-bond donors (Lipinski definition) is 0. The van der Waals surface area contributed by atoms with E-state index in [2.05, 4.69) is 41.5 Å². The third kappa shape index (κ3) is 120. The molecular weight excluding hydrogens is 1630 g/mol. The zero-order valence-corrected chi connectivity index (χ0v) is 88.3. The van der Waals surface area contributed by atoms with Crippen LogP contribution in [0, 0.1) is 40.8 Å². The van der Waals surface area contributed by atoms with Gasteiger partial charge in [-0.25, -0.2) is 0 Å². The van der Waals surface area contributed by atoms with Gasteiger partial charge >= 0.3 is 40.8 Å². The van der Waals surface area contributed by atoms with E-state index < -0.39 is 22.1 Å². The van der Waals surface area contributed by atoms with E-state index in [-0.39, 0.29) is 40.8 Å². The number of rotatable bonds is 102. The first kappa shape index (κ1) is 126. The molecule has 0 saturated heterocycles. The second-order valence-corrected chi connectivity index (χ2v) is 46.2. The minimum Gasteiger partial charge on any atom is -0.799 e. The topological polar surface area (TPSA) is 120 Å². The normalized spacial score (nSPS) is 11.9. The second-order valence-electron chi connectivity index (χ2n) is 38.6. The molecule has 0 amide bonds. The van der Waals surface area contributed by atoms with Gasteiger partial charge in [0.15, 0.2) is 0 Å². The molecule has 0 aromatic carbocycles. The van der Waals surface area contributed by atoms with Crippen LogP contribution >= 0.6 is 22.1 Å². The molecule has 0 heterocycles. The summed E-state index contributed by atoms with van der Waals surface area (Å²) in [5.41, 5.74) is 0. The molecule has 10 heteroatoms. The summed E-state index contributed by atoms with van der Waals surface area (Å²) in [5, 5.41) is 0. The molecule has 0 aliphatic carbocycles. The van der Waals surface area contributed by atoms with Crippen molar-refractivity contribution in [1.29, 1.82) is 0 Å². The van der Waals surface area contributed by atoms with Crippen molar-refractivity contribution < 1.29 is 69.2 Å². The Labute approximate surface area is 779 Å². The van der Waals surface area contributed by atoms with Crippen molar-refractivity contribution in [2.45, 2.75) is 658 Å². The van der Waals surface area contributed by atoms with E-state index in [9.17, 15) is 28.4 Å². The third-order valence-corrected chi connectivity index (χ3v) is 32.1. The fraction of sp³-hybridized carbons (Fsp3) is 1.00. The summed E-state index contributed by atoms with van der Waals surface area (Å²) in [5.74, 6) is 0. The van der Waals surface area contributed by atoms with Crippen LogP contribution in [-0.4, -0.2) is 37.0 Å². The molecule has 6 nitrogen and oxygen atoms in total. The molecule has 709 valence electrons. The van der Waals surface area contributed by atoms with Gasteiger partial charge in [0.2, 0.25) is 0 Å². The maximum absolute atomic E-state index is 12.4. The van der Waals surface area contributed by atoms with Crippen LogP contribution in [0.25, 0.3) is 0 Å². The van der Waals surface area contributed by atoms with Gasteiger partial charge in [0.05, 0.1) is 0 Å². The molecule has 0 aliphatic rings. The van der Waals surface area contributed by atoms with E-state index in [1.807, 2.05) is 0 Å². The minimum absolute atomic E-state index is 0. The Balaban J connectivity index is -0.000000823. The Hall–Kier alpha value is 1.92. The molecule has 0 aromatic rings. The molecule has 0 N–H and O–H groups in total. The fourth-order valence-corrected chi connectivity index (χ4v) is 22.6. The van der Waals surface area contributed by atoms with Gasteiger partial charge in [0.25, 0.3) is 0 Å². The van der Waals surface area contributed by atoms with Crippen molar-refractivity contribution in [1.82, 2.24) is 0 Å². The Morgan fingerprint density at radius 3 is 0.220 bits per heavy atom. The quantitative estimate of drug-likeness (QED) is 0.0442. The van der Waals surface area contributed by atoms with Gasteiger partial charge in [-0.3, -0.25) is 0 Å².